The summed E-state index contributed by atoms with van der Waals surface area (Å²) in [5, 5.41) is 4.44. The first-order valence-corrected chi connectivity index (χ1v) is 7.46. The zero-order chi connectivity index (χ0) is 14.7. The summed E-state index contributed by atoms with van der Waals surface area (Å²) in [7, 11) is 0. The molecule has 0 aliphatic carbocycles. The molecule has 0 spiro atoms. The number of aryl methyl sites for hydroxylation is 3. The van der Waals surface area contributed by atoms with Crippen LogP contribution in [0.3, 0.4) is 0 Å². The van der Waals surface area contributed by atoms with Gasteiger partial charge in [-0.05, 0) is 62.6 Å². The van der Waals surface area contributed by atoms with Gasteiger partial charge in [0.25, 0.3) is 0 Å². The van der Waals surface area contributed by atoms with E-state index in [1.807, 2.05) is 26.0 Å². The lowest BCUT2D eigenvalue weighted by Crippen LogP contribution is -2.24. The topological polar surface area (TPSA) is 25.2 Å². The van der Waals surface area contributed by atoms with Crippen LogP contribution in [0.1, 0.15) is 47.4 Å². The summed E-state index contributed by atoms with van der Waals surface area (Å²) in [6, 6.07) is 6.43. The van der Waals surface area contributed by atoms with Gasteiger partial charge in [0, 0.05) is 10.6 Å². The molecule has 1 N–H and O–H groups in total. The molecule has 1 atom stereocenters. The van der Waals surface area contributed by atoms with Crippen LogP contribution in [-0.4, -0.2) is 6.54 Å². The van der Waals surface area contributed by atoms with E-state index in [0.717, 1.165) is 29.3 Å². The highest BCUT2D eigenvalue weighted by Gasteiger charge is 2.20. The Morgan fingerprint density at radius 2 is 1.90 bits per heavy atom. The summed E-state index contributed by atoms with van der Waals surface area (Å²) in [5.41, 5.74) is 4.78. The Bertz CT molecular complexity index is 589. The largest absolute Gasteiger partial charge is 0.469 e. The normalized spacial score (nSPS) is 12.7. The maximum atomic E-state index is 6.21. The summed E-state index contributed by atoms with van der Waals surface area (Å²) in [6.07, 6.45) is 2.85. The second-order valence-electron chi connectivity index (χ2n) is 5.28. The summed E-state index contributed by atoms with van der Waals surface area (Å²) in [6.45, 7) is 9.30. The number of halogens is 1. The first-order valence-electron chi connectivity index (χ1n) is 7.08. The standard InChI is InChI=1S/C17H22ClNO/c1-5-7-19-17(14-6-8-20-13(14)4)15-9-12(3)16(18)10-11(15)2/h6,8-10,17,19H,5,7H2,1-4H3. The van der Waals surface area contributed by atoms with Gasteiger partial charge in [0.05, 0.1) is 12.3 Å². The molecule has 0 aliphatic rings. The maximum Gasteiger partial charge on any atom is 0.105 e. The number of furan rings is 1. The first-order chi connectivity index (χ1) is 9.54. The van der Waals surface area contributed by atoms with Crippen molar-refractivity contribution < 1.29 is 4.42 Å². The molecule has 3 heteroatoms. The third-order valence-electron chi connectivity index (χ3n) is 3.67. The second kappa shape index (κ2) is 6.47. The van der Waals surface area contributed by atoms with Gasteiger partial charge in [0.15, 0.2) is 0 Å². The van der Waals surface area contributed by atoms with Gasteiger partial charge in [-0.25, -0.2) is 0 Å². The molecule has 108 valence electrons. The number of rotatable bonds is 5. The minimum Gasteiger partial charge on any atom is -0.469 e. The van der Waals surface area contributed by atoms with Gasteiger partial charge in [-0.2, -0.15) is 0 Å². The van der Waals surface area contributed by atoms with E-state index in [1.165, 1.54) is 16.7 Å². The van der Waals surface area contributed by atoms with Crippen LogP contribution in [0.2, 0.25) is 5.02 Å². The van der Waals surface area contributed by atoms with Crippen LogP contribution in [0.15, 0.2) is 28.9 Å². The van der Waals surface area contributed by atoms with E-state index in [-0.39, 0.29) is 6.04 Å². The van der Waals surface area contributed by atoms with E-state index in [9.17, 15) is 0 Å². The van der Waals surface area contributed by atoms with Crippen LogP contribution in [0, 0.1) is 20.8 Å². The van der Waals surface area contributed by atoms with Crippen molar-refractivity contribution in [3.63, 3.8) is 0 Å². The summed E-state index contributed by atoms with van der Waals surface area (Å²) < 4.78 is 5.47. The van der Waals surface area contributed by atoms with Crippen LogP contribution in [0.25, 0.3) is 0 Å². The summed E-state index contributed by atoms with van der Waals surface area (Å²) in [5.74, 6) is 0.964. The Kier molecular flexibility index (Phi) is 4.90. The van der Waals surface area contributed by atoms with E-state index in [0.29, 0.717) is 0 Å². The molecule has 0 amide bonds. The fourth-order valence-corrected chi connectivity index (χ4v) is 2.70. The van der Waals surface area contributed by atoms with E-state index < -0.39 is 0 Å². The molecule has 1 heterocycles. The molecule has 0 saturated heterocycles. The molecule has 0 bridgehead atoms. The van der Waals surface area contributed by atoms with Gasteiger partial charge in [-0.15, -0.1) is 0 Å². The lowest BCUT2D eigenvalue weighted by molar-refractivity contribution is 0.517. The maximum absolute atomic E-state index is 6.21. The van der Waals surface area contributed by atoms with Crippen molar-refractivity contribution in [3.8, 4) is 0 Å². The molecule has 20 heavy (non-hydrogen) atoms. The number of nitrogens with one attached hydrogen (secondary N) is 1. The molecule has 2 nitrogen and oxygen atoms in total. The third kappa shape index (κ3) is 3.08. The predicted molar refractivity (Wildman–Crippen MR) is 84.5 cm³/mol. The minimum atomic E-state index is 0.157. The average Bonchev–Trinajstić information content (AvgIpc) is 2.82. The van der Waals surface area contributed by atoms with E-state index in [4.69, 9.17) is 16.0 Å². The smallest absolute Gasteiger partial charge is 0.105 e. The Morgan fingerprint density at radius 1 is 1.15 bits per heavy atom. The zero-order valence-corrected chi connectivity index (χ0v) is 13.3. The molecule has 2 aromatic rings. The molecular formula is C17H22ClNO. The van der Waals surface area contributed by atoms with Gasteiger partial charge in [0.1, 0.15) is 5.76 Å². The van der Waals surface area contributed by atoms with E-state index in [2.05, 4.69) is 25.2 Å². The van der Waals surface area contributed by atoms with Crippen LogP contribution >= 0.6 is 11.6 Å². The monoisotopic (exact) mass is 291 g/mol. The lowest BCUT2D eigenvalue weighted by atomic mass is 9.93. The van der Waals surface area contributed by atoms with E-state index >= 15 is 0 Å². The molecule has 1 aromatic carbocycles. The van der Waals surface area contributed by atoms with Gasteiger partial charge in [-0.3, -0.25) is 0 Å². The molecular weight excluding hydrogens is 270 g/mol. The van der Waals surface area contributed by atoms with Crippen molar-refractivity contribution in [1.29, 1.82) is 0 Å². The lowest BCUT2D eigenvalue weighted by Gasteiger charge is -2.21. The molecule has 0 radical (unpaired) electrons. The molecule has 0 aliphatic heterocycles. The molecule has 1 unspecified atom stereocenters. The number of benzene rings is 1. The molecule has 2 rings (SSSR count). The van der Waals surface area contributed by atoms with Gasteiger partial charge < -0.3 is 9.73 Å². The van der Waals surface area contributed by atoms with Crippen molar-refractivity contribution in [1.82, 2.24) is 5.32 Å². The Morgan fingerprint density at radius 3 is 2.50 bits per heavy atom. The van der Waals surface area contributed by atoms with Gasteiger partial charge >= 0.3 is 0 Å². The SMILES string of the molecule is CCCNC(c1cc(C)c(Cl)cc1C)c1ccoc1C. The van der Waals surface area contributed by atoms with Crippen molar-refractivity contribution in [3.05, 3.63) is 57.5 Å². The van der Waals surface area contributed by atoms with Crippen LogP contribution < -0.4 is 5.32 Å². The Labute approximate surface area is 126 Å². The quantitative estimate of drug-likeness (QED) is 0.843. The molecule has 1 aromatic heterocycles. The molecule has 0 saturated carbocycles. The second-order valence-corrected chi connectivity index (χ2v) is 5.68. The number of hydrogen-bond donors (Lipinski definition) is 1. The summed E-state index contributed by atoms with van der Waals surface area (Å²) in [4.78, 5) is 0. The third-order valence-corrected chi connectivity index (χ3v) is 4.07. The van der Waals surface area contributed by atoms with Crippen LogP contribution in [0.4, 0.5) is 0 Å². The highest BCUT2D eigenvalue weighted by molar-refractivity contribution is 6.31. The predicted octanol–water partition coefficient (Wildman–Crippen LogP) is 4.95. The Balaban J connectivity index is 2.46. The fourth-order valence-electron chi connectivity index (χ4n) is 2.48. The van der Waals surface area contributed by atoms with Crippen molar-refractivity contribution in [2.75, 3.05) is 6.54 Å². The van der Waals surface area contributed by atoms with Crippen molar-refractivity contribution in [2.45, 2.75) is 40.2 Å². The fraction of sp³-hybridized carbons (Fsp3) is 0.412. The van der Waals surface area contributed by atoms with E-state index in [1.54, 1.807) is 6.26 Å². The zero-order valence-electron chi connectivity index (χ0n) is 12.6. The molecule has 0 fully saturated rings. The highest BCUT2D eigenvalue weighted by Crippen LogP contribution is 2.31. The number of hydrogen-bond acceptors (Lipinski definition) is 2. The van der Waals surface area contributed by atoms with Gasteiger partial charge in [-0.1, -0.05) is 24.6 Å². The minimum absolute atomic E-state index is 0.157. The van der Waals surface area contributed by atoms with Crippen molar-refractivity contribution >= 4 is 11.6 Å². The summed E-state index contributed by atoms with van der Waals surface area (Å²) >= 11 is 6.21. The van der Waals surface area contributed by atoms with Crippen LogP contribution in [-0.2, 0) is 0 Å². The van der Waals surface area contributed by atoms with Crippen LogP contribution in [0.5, 0.6) is 0 Å². The average molecular weight is 292 g/mol. The first kappa shape index (κ1) is 15.1. The highest BCUT2D eigenvalue weighted by atomic mass is 35.5. The Hall–Kier alpha value is -1.25. The van der Waals surface area contributed by atoms with Crippen molar-refractivity contribution in [2.24, 2.45) is 0 Å². The van der Waals surface area contributed by atoms with Gasteiger partial charge in [0.2, 0.25) is 0 Å².